The molecule has 0 aliphatic heterocycles. The first-order valence-electron chi connectivity index (χ1n) is 11.9. The number of aliphatic carboxylic acids is 1. The molecule has 0 saturated carbocycles. The Morgan fingerprint density at radius 3 is 2.56 bits per heavy atom. The molecule has 0 heterocycles. The van der Waals surface area contributed by atoms with Crippen LogP contribution in [-0.4, -0.2) is 18.2 Å². The van der Waals surface area contributed by atoms with Crippen LogP contribution in [0.1, 0.15) is 62.3 Å². The highest BCUT2D eigenvalue weighted by molar-refractivity contribution is 5.72. The number of aryl methyl sites for hydroxylation is 1. The van der Waals surface area contributed by atoms with Gasteiger partial charge in [-0.1, -0.05) is 64.1 Å². The minimum Gasteiger partial charge on any atom is -0.497 e. The summed E-state index contributed by atoms with van der Waals surface area (Å²) in [5.41, 5.74) is 7.01. The third-order valence-corrected chi connectivity index (χ3v) is 6.91. The van der Waals surface area contributed by atoms with Crippen molar-refractivity contribution in [1.82, 2.24) is 0 Å². The van der Waals surface area contributed by atoms with Crippen LogP contribution in [0.4, 0.5) is 0 Å². The summed E-state index contributed by atoms with van der Waals surface area (Å²) in [5, 5.41) is 9.48. The number of carboxylic acids is 1. The summed E-state index contributed by atoms with van der Waals surface area (Å²) in [4.78, 5) is 11.5. The van der Waals surface area contributed by atoms with Crippen LogP contribution in [0.5, 0.6) is 11.5 Å². The highest BCUT2D eigenvalue weighted by Gasteiger charge is 2.31. The molecule has 0 amide bonds. The topological polar surface area (TPSA) is 55.8 Å². The molecule has 0 spiro atoms. The summed E-state index contributed by atoms with van der Waals surface area (Å²) in [7, 11) is 1.69. The lowest BCUT2D eigenvalue weighted by Gasteiger charge is -2.24. The Hall–Kier alpha value is -3.27. The summed E-state index contributed by atoms with van der Waals surface area (Å²) in [6.45, 7) is 8.93. The number of fused-ring (bicyclic) bond motifs is 1. The number of methoxy groups -OCH3 is 1. The van der Waals surface area contributed by atoms with Gasteiger partial charge in [0.05, 0.1) is 13.0 Å². The monoisotopic (exact) mass is 458 g/mol. The normalized spacial score (nSPS) is 16.1. The average Bonchev–Trinajstić information content (AvgIpc) is 3.24. The third kappa shape index (κ3) is 4.96. The molecule has 0 saturated heterocycles. The van der Waals surface area contributed by atoms with Gasteiger partial charge in [0, 0.05) is 0 Å². The van der Waals surface area contributed by atoms with Gasteiger partial charge in [-0.3, -0.25) is 4.79 Å². The fourth-order valence-electron chi connectivity index (χ4n) is 4.90. The zero-order valence-corrected chi connectivity index (χ0v) is 20.7. The number of hydrogen-bond acceptors (Lipinski definition) is 3. The van der Waals surface area contributed by atoms with Crippen molar-refractivity contribution in [1.29, 1.82) is 0 Å². The van der Waals surface area contributed by atoms with Gasteiger partial charge in [-0.25, -0.2) is 0 Å². The van der Waals surface area contributed by atoms with E-state index in [-0.39, 0.29) is 11.3 Å². The summed E-state index contributed by atoms with van der Waals surface area (Å²) in [5.74, 6) is 0.546. The lowest BCUT2D eigenvalue weighted by Crippen LogP contribution is -2.17. The molecular weight excluding hydrogens is 424 g/mol. The average molecular weight is 459 g/mol. The van der Waals surface area contributed by atoms with Crippen LogP contribution in [-0.2, 0) is 23.2 Å². The van der Waals surface area contributed by atoms with Crippen LogP contribution < -0.4 is 9.47 Å². The van der Waals surface area contributed by atoms with Gasteiger partial charge in [0.1, 0.15) is 18.1 Å². The molecule has 1 unspecified atom stereocenters. The Morgan fingerprint density at radius 1 is 1.06 bits per heavy atom. The van der Waals surface area contributed by atoms with Crippen LogP contribution in [0.2, 0.25) is 0 Å². The van der Waals surface area contributed by atoms with Gasteiger partial charge in [0.25, 0.3) is 0 Å². The molecular formula is C30H34O4. The van der Waals surface area contributed by atoms with E-state index in [4.69, 9.17) is 9.47 Å². The minimum absolute atomic E-state index is 0.0395. The number of ether oxygens (including phenoxy) is 2. The smallest absolute Gasteiger partial charge is 0.306 e. The van der Waals surface area contributed by atoms with E-state index in [1.54, 1.807) is 14.0 Å². The number of carbonyl (C=O) groups is 1. The molecule has 4 rings (SSSR count). The number of carboxylic acid groups (broad SMARTS) is 1. The van der Waals surface area contributed by atoms with Crippen molar-refractivity contribution in [3.8, 4) is 22.6 Å². The van der Waals surface area contributed by atoms with Crippen LogP contribution in [0, 0.1) is 5.92 Å². The van der Waals surface area contributed by atoms with E-state index in [9.17, 15) is 9.90 Å². The zero-order chi connectivity index (χ0) is 24.5. The van der Waals surface area contributed by atoms with Crippen molar-refractivity contribution < 1.29 is 19.4 Å². The molecule has 178 valence electrons. The van der Waals surface area contributed by atoms with Gasteiger partial charge in [-0.15, -0.1) is 0 Å². The van der Waals surface area contributed by atoms with Gasteiger partial charge in [-0.2, -0.15) is 0 Å². The van der Waals surface area contributed by atoms with Gasteiger partial charge in [0.2, 0.25) is 0 Å². The molecule has 2 atom stereocenters. The van der Waals surface area contributed by atoms with Crippen molar-refractivity contribution in [2.75, 3.05) is 7.11 Å². The van der Waals surface area contributed by atoms with Gasteiger partial charge >= 0.3 is 5.97 Å². The first-order valence-corrected chi connectivity index (χ1v) is 11.9. The standard InChI is InChI=1S/C30H34O4/c1-19(29(31)32)25-14-11-21-10-12-24(17-27(21)25)34-18-20-9-13-26(28(15-20)30(2,3)4)22-7-6-8-23(16-22)33-5/h6-10,12-13,15-17,19,25H,11,14,18H2,1-5H3,(H,31,32)/t19?,25-/m1/s1. The second-order valence-corrected chi connectivity index (χ2v) is 10.3. The maximum Gasteiger partial charge on any atom is 0.306 e. The zero-order valence-electron chi connectivity index (χ0n) is 20.7. The van der Waals surface area contributed by atoms with E-state index in [1.807, 2.05) is 24.3 Å². The van der Waals surface area contributed by atoms with Crippen LogP contribution in [0.15, 0.2) is 60.7 Å². The molecule has 3 aromatic rings. The summed E-state index contributed by atoms with van der Waals surface area (Å²) < 4.78 is 11.6. The van der Waals surface area contributed by atoms with E-state index in [1.165, 1.54) is 16.7 Å². The molecule has 4 nitrogen and oxygen atoms in total. The van der Waals surface area contributed by atoms with Gasteiger partial charge in [0.15, 0.2) is 0 Å². The van der Waals surface area contributed by atoms with Crippen molar-refractivity contribution in [2.24, 2.45) is 5.92 Å². The predicted molar refractivity (Wildman–Crippen MR) is 136 cm³/mol. The molecule has 34 heavy (non-hydrogen) atoms. The Kier molecular flexibility index (Phi) is 6.70. The van der Waals surface area contributed by atoms with Gasteiger partial charge in [-0.05, 0) is 81.8 Å². The SMILES string of the molecule is COc1cccc(-c2ccc(COc3ccc4c(c3)[C@@H](C(C)C(=O)O)CC4)cc2C(C)(C)C)c1. The predicted octanol–water partition coefficient (Wildman–Crippen LogP) is 6.99. The van der Waals surface area contributed by atoms with Crippen LogP contribution in [0.25, 0.3) is 11.1 Å². The van der Waals surface area contributed by atoms with E-state index in [0.29, 0.717) is 6.61 Å². The van der Waals surface area contributed by atoms with E-state index < -0.39 is 11.9 Å². The van der Waals surface area contributed by atoms with Gasteiger partial charge < -0.3 is 14.6 Å². The van der Waals surface area contributed by atoms with Crippen molar-refractivity contribution >= 4 is 5.97 Å². The molecule has 1 aliphatic rings. The maximum absolute atomic E-state index is 11.5. The second kappa shape index (κ2) is 9.54. The summed E-state index contributed by atoms with van der Waals surface area (Å²) >= 11 is 0. The van der Waals surface area contributed by atoms with Crippen LogP contribution in [0.3, 0.4) is 0 Å². The Morgan fingerprint density at radius 2 is 1.85 bits per heavy atom. The first-order chi connectivity index (χ1) is 16.2. The molecule has 0 aromatic heterocycles. The first kappa shape index (κ1) is 23.9. The fourth-order valence-corrected chi connectivity index (χ4v) is 4.90. The van der Waals surface area contributed by atoms with Crippen molar-refractivity contribution in [3.05, 3.63) is 82.9 Å². The summed E-state index contributed by atoms with van der Waals surface area (Å²) in [6, 6.07) is 20.8. The minimum atomic E-state index is -0.741. The Labute approximate surface area is 202 Å². The Bertz CT molecular complexity index is 1190. The highest BCUT2D eigenvalue weighted by Crippen LogP contribution is 2.40. The van der Waals surface area contributed by atoms with E-state index in [2.05, 4.69) is 57.2 Å². The quantitative estimate of drug-likeness (QED) is 0.415. The maximum atomic E-state index is 11.5. The fraction of sp³-hybridized carbons (Fsp3) is 0.367. The largest absolute Gasteiger partial charge is 0.497 e. The van der Waals surface area contributed by atoms with E-state index in [0.717, 1.165) is 41.0 Å². The second-order valence-electron chi connectivity index (χ2n) is 10.3. The summed E-state index contributed by atoms with van der Waals surface area (Å²) in [6.07, 6.45) is 1.81. The third-order valence-electron chi connectivity index (χ3n) is 6.91. The molecule has 3 aromatic carbocycles. The lowest BCUT2D eigenvalue weighted by molar-refractivity contribution is -0.141. The van der Waals surface area contributed by atoms with Crippen LogP contribution >= 0.6 is 0 Å². The van der Waals surface area contributed by atoms with Crippen molar-refractivity contribution in [2.45, 2.75) is 58.5 Å². The molecule has 1 N–H and O–H groups in total. The van der Waals surface area contributed by atoms with E-state index >= 15 is 0 Å². The molecule has 0 fully saturated rings. The molecule has 0 radical (unpaired) electrons. The number of benzene rings is 3. The molecule has 1 aliphatic carbocycles. The lowest BCUT2D eigenvalue weighted by atomic mass is 9.81. The van der Waals surface area contributed by atoms with Crippen molar-refractivity contribution in [3.63, 3.8) is 0 Å². The molecule has 0 bridgehead atoms. The number of rotatable bonds is 7. The highest BCUT2D eigenvalue weighted by atomic mass is 16.5. The molecule has 4 heteroatoms. The Balaban J connectivity index is 1.57. The number of hydrogen-bond donors (Lipinski definition) is 1.